The molecular formula is C25H30N6O3S. The summed E-state index contributed by atoms with van der Waals surface area (Å²) in [6.45, 7) is 9.39. The Bertz CT molecular complexity index is 1170. The average Bonchev–Trinajstić information content (AvgIpc) is 3.37. The van der Waals surface area contributed by atoms with Crippen LogP contribution in [0, 0.1) is 13.8 Å². The molecule has 2 heterocycles. The van der Waals surface area contributed by atoms with Gasteiger partial charge in [-0.3, -0.25) is 14.5 Å². The molecule has 2 aromatic carbocycles. The largest absolute Gasteiger partial charge is 0.497 e. The first-order chi connectivity index (χ1) is 16.9. The van der Waals surface area contributed by atoms with Crippen LogP contribution < -0.4 is 20.3 Å². The number of amides is 2. The molecule has 1 aromatic heterocycles. The Kier molecular flexibility index (Phi) is 7.94. The molecule has 9 nitrogen and oxygen atoms in total. The molecule has 35 heavy (non-hydrogen) atoms. The first-order valence-corrected chi connectivity index (χ1v) is 12.4. The van der Waals surface area contributed by atoms with Crippen LogP contribution in [0.5, 0.6) is 5.75 Å². The zero-order valence-corrected chi connectivity index (χ0v) is 21.0. The predicted octanol–water partition coefficient (Wildman–Crippen LogP) is 2.97. The summed E-state index contributed by atoms with van der Waals surface area (Å²) in [6, 6.07) is 13.4. The summed E-state index contributed by atoms with van der Waals surface area (Å²) < 4.78 is 5.11. The highest BCUT2D eigenvalue weighted by Gasteiger charge is 2.20. The van der Waals surface area contributed by atoms with E-state index in [0.29, 0.717) is 18.0 Å². The van der Waals surface area contributed by atoms with Gasteiger partial charge in [0.05, 0.1) is 7.11 Å². The van der Waals surface area contributed by atoms with E-state index in [9.17, 15) is 9.59 Å². The van der Waals surface area contributed by atoms with E-state index in [1.54, 1.807) is 31.4 Å². The van der Waals surface area contributed by atoms with Gasteiger partial charge in [0.25, 0.3) is 11.8 Å². The highest BCUT2D eigenvalue weighted by molar-refractivity contribution is 7.15. The molecule has 10 heteroatoms. The van der Waals surface area contributed by atoms with E-state index >= 15 is 0 Å². The van der Waals surface area contributed by atoms with Crippen molar-refractivity contribution in [2.24, 2.45) is 0 Å². The van der Waals surface area contributed by atoms with Crippen molar-refractivity contribution in [3.63, 3.8) is 0 Å². The van der Waals surface area contributed by atoms with Crippen LogP contribution in [0.1, 0.15) is 30.7 Å². The predicted molar refractivity (Wildman–Crippen MR) is 138 cm³/mol. The fraction of sp³-hybridized carbons (Fsp3) is 0.360. The second-order valence-electron chi connectivity index (χ2n) is 8.40. The molecule has 2 amide bonds. The second-order valence-corrected chi connectivity index (χ2v) is 9.38. The van der Waals surface area contributed by atoms with Gasteiger partial charge in [-0.1, -0.05) is 23.5 Å². The molecule has 0 bridgehead atoms. The monoisotopic (exact) mass is 494 g/mol. The van der Waals surface area contributed by atoms with Crippen molar-refractivity contribution in [2.45, 2.75) is 13.8 Å². The molecule has 3 aromatic rings. The molecule has 0 atom stereocenters. The number of piperazine rings is 1. The molecule has 184 valence electrons. The topological polar surface area (TPSA) is 99.7 Å². The Hall–Kier alpha value is -3.50. The normalized spacial score (nSPS) is 14.0. The van der Waals surface area contributed by atoms with Crippen molar-refractivity contribution in [1.29, 1.82) is 0 Å². The van der Waals surface area contributed by atoms with Gasteiger partial charge in [-0.15, -0.1) is 10.2 Å². The average molecular weight is 495 g/mol. The van der Waals surface area contributed by atoms with Crippen molar-refractivity contribution >= 4 is 34.5 Å². The van der Waals surface area contributed by atoms with E-state index in [2.05, 4.69) is 62.7 Å². The lowest BCUT2D eigenvalue weighted by atomic mass is 10.1. The highest BCUT2D eigenvalue weighted by Crippen LogP contribution is 2.24. The number of anilines is 2. The minimum absolute atomic E-state index is 0.133. The number of aromatic nitrogens is 2. The zero-order valence-electron chi connectivity index (χ0n) is 20.2. The summed E-state index contributed by atoms with van der Waals surface area (Å²) in [4.78, 5) is 29.7. The van der Waals surface area contributed by atoms with E-state index in [1.807, 2.05) is 0 Å². The van der Waals surface area contributed by atoms with Crippen LogP contribution in [-0.2, 0) is 0 Å². The number of aryl methyl sites for hydroxylation is 1. The molecule has 0 radical (unpaired) electrons. The van der Waals surface area contributed by atoms with Gasteiger partial charge in [-0.05, 0) is 55.3 Å². The Morgan fingerprint density at radius 2 is 1.66 bits per heavy atom. The molecule has 0 unspecified atom stereocenters. The smallest absolute Gasteiger partial charge is 0.286 e. The van der Waals surface area contributed by atoms with Gasteiger partial charge in [-0.2, -0.15) is 0 Å². The molecule has 1 aliphatic rings. The van der Waals surface area contributed by atoms with E-state index in [-0.39, 0.29) is 15.9 Å². The summed E-state index contributed by atoms with van der Waals surface area (Å²) in [6.07, 6.45) is 0. The van der Waals surface area contributed by atoms with Crippen molar-refractivity contribution in [1.82, 2.24) is 20.4 Å². The molecule has 0 spiro atoms. The molecule has 0 saturated carbocycles. The fourth-order valence-corrected chi connectivity index (χ4v) is 4.61. The molecule has 1 saturated heterocycles. The molecule has 2 N–H and O–H groups in total. The van der Waals surface area contributed by atoms with Gasteiger partial charge in [-0.25, -0.2) is 0 Å². The quantitative estimate of drug-likeness (QED) is 0.497. The van der Waals surface area contributed by atoms with E-state index in [4.69, 9.17) is 4.74 Å². The Balaban J connectivity index is 1.21. The van der Waals surface area contributed by atoms with Crippen molar-refractivity contribution in [2.75, 3.05) is 56.6 Å². The van der Waals surface area contributed by atoms with Crippen LogP contribution >= 0.6 is 11.3 Å². The van der Waals surface area contributed by atoms with Gasteiger partial charge in [0.1, 0.15) is 5.75 Å². The maximum atomic E-state index is 12.5. The van der Waals surface area contributed by atoms with Gasteiger partial charge >= 0.3 is 0 Å². The number of rotatable bonds is 8. The summed E-state index contributed by atoms with van der Waals surface area (Å²) in [5.41, 5.74) is 4.56. The van der Waals surface area contributed by atoms with Crippen molar-refractivity contribution in [3.05, 3.63) is 63.6 Å². The van der Waals surface area contributed by atoms with Crippen LogP contribution in [0.2, 0.25) is 0 Å². The van der Waals surface area contributed by atoms with Gasteiger partial charge in [0.2, 0.25) is 10.0 Å². The minimum atomic E-state index is -0.409. The number of hydrogen-bond acceptors (Lipinski definition) is 8. The lowest BCUT2D eigenvalue weighted by molar-refractivity contribution is 0.0945. The van der Waals surface area contributed by atoms with E-state index < -0.39 is 5.91 Å². The summed E-state index contributed by atoms with van der Waals surface area (Å²) in [5, 5.41) is 13.7. The maximum absolute atomic E-state index is 12.5. The number of hydrogen-bond donors (Lipinski definition) is 2. The first kappa shape index (κ1) is 24.6. The number of carbonyl (C=O) groups is 2. The van der Waals surface area contributed by atoms with Crippen LogP contribution in [0.3, 0.4) is 0 Å². The van der Waals surface area contributed by atoms with Gasteiger partial charge < -0.3 is 20.3 Å². The van der Waals surface area contributed by atoms with Gasteiger partial charge in [0.15, 0.2) is 0 Å². The minimum Gasteiger partial charge on any atom is -0.497 e. The van der Waals surface area contributed by atoms with Crippen LogP contribution in [0.25, 0.3) is 0 Å². The van der Waals surface area contributed by atoms with E-state index in [0.717, 1.165) is 44.1 Å². The number of methoxy groups -OCH3 is 1. The molecule has 1 aliphatic heterocycles. The maximum Gasteiger partial charge on any atom is 0.286 e. The second kappa shape index (κ2) is 11.3. The van der Waals surface area contributed by atoms with Crippen LogP contribution in [0.4, 0.5) is 11.4 Å². The SMILES string of the molecule is COc1ccc(NC(=O)c2nnc(C(=O)NCCN3CCN(c4cccc(C)c4C)CC3)s2)cc1. The Morgan fingerprint density at radius 1 is 0.971 bits per heavy atom. The first-order valence-electron chi connectivity index (χ1n) is 11.5. The highest BCUT2D eigenvalue weighted by atomic mass is 32.1. The number of nitrogens with one attached hydrogen (secondary N) is 2. The molecular weight excluding hydrogens is 464 g/mol. The molecule has 0 aliphatic carbocycles. The lowest BCUT2D eigenvalue weighted by Gasteiger charge is -2.37. The van der Waals surface area contributed by atoms with Gasteiger partial charge in [0, 0.05) is 50.6 Å². The number of nitrogens with zero attached hydrogens (tertiary/aromatic N) is 4. The third kappa shape index (κ3) is 6.14. The molecule has 1 fully saturated rings. The summed E-state index contributed by atoms with van der Waals surface area (Å²) in [7, 11) is 1.58. The van der Waals surface area contributed by atoms with E-state index in [1.165, 1.54) is 16.8 Å². The van der Waals surface area contributed by atoms with Crippen LogP contribution in [-0.4, -0.2) is 73.3 Å². The Morgan fingerprint density at radius 3 is 2.34 bits per heavy atom. The standard InChI is InChI=1S/C25H30N6O3S/c1-17-5-4-6-21(18(17)2)31-15-13-30(14-16-31)12-11-26-22(32)24-28-29-25(35-24)23(33)27-19-7-9-20(34-3)10-8-19/h4-10H,11-16H2,1-3H3,(H,26,32)(H,27,33). The number of carbonyl (C=O) groups excluding carboxylic acids is 2. The summed E-state index contributed by atoms with van der Waals surface area (Å²) in [5.74, 6) is -0.0328. The van der Waals surface area contributed by atoms with Crippen LogP contribution in [0.15, 0.2) is 42.5 Å². The Labute approximate surface area is 209 Å². The van der Waals surface area contributed by atoms with Crippen molar-refractivity contribution in [3.8, 4) is 5.75 Å². The number of benzene rings is 2. The lowest BCUT2D eigenvalue weighted by Crippen LogP contribution is -2.48. The third-order valence-corrected chi connectivity index (χ3v) is 7.08. The number of ether oxygens (including phenoxy) is 1. The fourth-order valence-electron chi connectivity index (χ4n) is 3.96. The molecule has 4 rings (SSSR count). The third-order valence-electron chi connectivity index (χ3n) is 6.16. The summed E-state index contributed by atoms with van der Waals surface area (Å²) >= 11 is 0.971. The zero-order chi connectivity index (χ0) is 24.8. The van der Waals surface area contributed by atoms with Crippen molar-refractivity contribution < 1.29 is 14.3 Å².